The molecule has 0 atom stereocenters. The molecule has 3 nitrogen and oxygen atoms in total. The maximum atomic E-state index is 12.3. The van der Waals surface area contributed by atoms with Gasteiger partial charge in [0.05, 0.1) is 0 Å². The summed E-state index contributed by atoms with van der Waals surface area (Å²) in [5.41, 5.74) is 4.24. The summed E-state index contributed by atoms with van der Waals surface area (Å²) in [4.78, 5) is 12.3. The Bertz CT molecular complexity index is 653. The van der Waals surface area contributed by atoms with Crippen LogP contribution >= 0.6 is 0 Å². The average Bonchev–Trinajstić information content (AvgIpc) is 2.76. The molecule has 0 radical (unpaired) electrons. The van der Waals surface area contributed by atoms with Gasteiger partial charge in [0.15, 0.2) is 0 Å². The van der Waals surface area contributed by atoms with Gasteiger partial charge in [0.2, 0.25) is 0 Å². The van der Waals surface area contributed by atoms with E-state index >= 15 is 0 Å². The first kappa shape index (κ1) is 14.4. The number of hydrogen-bond donors (Lipinski definition) is 1. The number of aryl methyl sites for hydroxylation is 3. The third kappa shape index (κ3) is 2.36. The van der Waals surface area contributed by atoms with Crippen LogP contribution in [-0.4, -0.2) is 17.0 Å². The third-order valence-corrected chi connectivity index (χ3v) is 3.73. The van der Waals surface area contributed by atoms with Gasteiger partial charge in [0.1, 0.15) is 5.69 Å². The Hall–Kier alpha value is -2.03. The maximum Gasteiger partial charge on any atom is 0.268 e. The number of carbonyl (C=O) groups excluding carboxylic acids is 1. The minimum Gasteiger partial charge on any atom is -0.347 e. The SMILES string of the molecule is C=CCNC(=O)c1c(C)c2cc(CC)ccc2n1CC. The Kier molecular flexibility index (Phi) is 4.28. The van der Waals surface area contributed by atoms with Crippen LogP contribution in [0.3, 0.4) is 0 Å². The highest BCUT2D eigenvalue weighted by Gasteiger charge is 2.18. The highest BCUT2D eigenvalue weighted by Crippen LogP contribution is 2.27. The van der Waals surface area contributed by atoms with Crippen LogP contribution in [0.2, 0.25) is 0 Å². The molecule has 0 saturated carbocycles. The molecular formula is C17H22N2O. The zero-order valence-electron chi connectivity index (χ0n) is 12.5. The minimum atomic E-state index is -0.0292. The lowest BCUT2D eigenvalue weighted by Gasteiger charge is -2.08. The molecule has 3 heteroatoms. The lowest BCUT2D eigenvalue weighted by Crippen LogP contribution is -2.26. The molecule has 0 aliphatic rings. The summed E-state index contributed by atoms with van der Waals surface area (Å²) >= 11 is 0. The van der Waals surface area contributed by atoms with E-state index in [0.717, 1.165) is 29.7 Å². The van der Waals surface area contributed by atoms with E-state index in [1.807, 2.05) is 6.92 Å². The lowest BCUT2D eigenvalue weighted by molar-refractivity contribution is 0.0948. The van der Waals surface area contributed by atoms with Crippen molar-refractivity contribution in [2.75, 3.05) is 6.54 Å². The number of hydrogen-bond acceptors (Lipinski definition) is 1. The highest BCUT2D eigenvalue weighted by molar-refractivity contribution is 6.01. The fourth-order valence-electron chi connectivity index (χ4n) is 2.66. The van der Waals surface area contributed by atoms with Gasteiger partial charge in [-0.1, -0.05) is 19.1 Å². The molecule has 2 rings (SSSR count). The van der Waals surface area contributed by atoms with Crippen LogP contribution in [-0.2, 0) is 13.0 Å². The van der Waals surface area contributed by atoms with E-state index in [-0.39, 0.29) is 5.91 Å². The largest absolute Gasteiger partial charge is 0.347 e. The van der Waals surface area contributed by atoms with Gasteiger partial charge in [-0.2, -0.15) is 0 Å². The van der Waals surface area contributed by atoms with E-state index in [1.165, 1.54) is 10.9 Å². The zero-order chi connectivity index (χ0) is 14.7. The first-order valence-electron chi connectivity index (χ1n) is 7.14. The van der Waals surface area contributed by atoms with Gasteiger partial charge in [-0.05, 0) is 43.5 Å². The molecule has 0 aliphatic heterocycles. The number of rotatable bonds is 5. The van der Waals surface area contributed by atoms with Crippen molar-refractivity contribution in [3.8, 4) is 0 Å². The summed E-state index contributed by atoms with van der Waals surface area (Å²) in [5, 5.41) is 4.05. The standard InChI is InChI=1S/C17H22N2O/c1-5-10-18-17(20)16-12(4)14-11-13(6-2)8-9-15(14)19(16)7-3/h5,8-9,11H,1,6-7,10H2,2-4H3,(H,18,20). The van der Waals surface area contributed by atoms with Crippen molar-refractivity contribution in [3.05, 3.63) is 47.7 Å². The van der Waals surface area contributed by atoms with Crippen LogP contribution < -0.4 is 5.32 Å². The monoisotopic (exact) mass is 270 g/mol. The molecule has 1 N–H and O–H groups in total. The van der Waals surface area contributed by atoms with E-state index in [4.69, 9.17) is 0 Å². The molecule has 1 amide bonds. The van der Waals surface area contributed by atoms with Crippen LogP contribution in [0, 0.1) is 6.92 Å². The molecule has 1 aromatic carbocycles. The quantitative estimate of drug-likeness (QED) is 0.830. The smallest absolute Gasteiger partial charge is 0.268 e. The average molecular weight is 270 g/mol. The van der Waals surface area contributed by atoms with Crippen molar-refractivity contribution in [3.63, 3.8) is 0 Å². The summed E-state index contributed by atoms with van der Waals surface area (Å²) in [6.45, 7) is 11.1. The molecule has 106 valence electrons. The van der Waals surface area contributed by atoms with Crippen LogP contribution in [0.4, 0.5) is 0 Å². The van der Waals surface area contributed by atoms with E-state index in [0.29, 0.717) is 6.54 Å². The zero-order valence-corrected chi connectivity index (χ0v) is 12.5. The Morgan fingerprint density at radius 1 is 1.40 bits per heavy atom. The molecule has 0 fully saturated rings. The Morgan fingerprint density at radius 2 is 2.15 bits per heavy atom. The summed E-state index contributed by atoms with van der Waals surface area (Å²) in [6, 6.07) is 6.45. The van der Waals surface area contributed by atoms with Gasteiger partial charge in [0.25, 0.3) is 5.91 Å². The first-order valence-corrected chi connectivity index (χ1v) is 7.14. The van der Waals surface area contributed by atoms with Gasteiger partial charge >= 0.3 is 0 Å². The second kappa shape index (κ2) is 5.95. The van der Waals surface area contributed by atoms with Crippen molar-refractivity contribution >= 4 is 16.8 Å². The predicted molar refractivity (Wildman–Crippen MR) is 84.3 cm³/mol. The fraction of sp³-hybridized carbons (Fsp3) is 0.353. The molecule has 0 unspecified atom stereocenters. The number of benzene rings is 1. The van der Waals surface area contributed by atoms with Gasteiger partial charge in [-0.25, -0.2) is 0 Å². The van der Waals surface area contributed by atoms with Crippen molar-refractivity contribution in [2.45, 2.75) is 33.7 Å². The Labute approximate surface area is 120 Å². The number of fused-ring (bicyclic) bond motifs is 1. The van der Waals surface area contributed by atoms with Crippen LogP contribution in [0.15, 0.2) is 30.9 Å². The van der Waals surface area contributed by atoms with Crippen LogP contribution in [0.25, 0.3) is 10.9 Å². The first-order chi connectivity index (χ1) is 9.63. The number of amides is 1. The normalized spacial score (nSPS) is 10.8. The third-order valence-electron chi connectivity index (χ3n) is 3.73. The van der Waals surface area contributed by atoms with Gasteiger partial charge in [-0.15, -0.1) is 6.58 Å². The molecule has 0 spiro atoms. The molecule has 0 bridgehead atoms. The Balaban J connectivity index is 2.61. The second-order valence-corrected chi connectivity index (χ2v) is 4.92. The molecule has 1 heterocycles. The summed E-state index contributed by atoms with van der Waals surface area (Å²) in [7, 11) is 0. The Morgan fingerprint density at radius 3 is 2.75 bits per heavy atom. The highest BCUT2D eigenvalue weighted by atomic mass is 16.1. The number of nitrogens with zero attached hydrogens (tertiary/aromatic N) is 1. The van der Waals surface area contributed by atoms with Crippen LogP contribution in [0.5, 0.6) is 0 Å². The lowest BCUT2D eigenvalue weighted by atomic mass is 10.1. The predicted octanol–water partition coefficient (Wildman–Crippen LogP) is 3.45. The topological polar surface area (TPSA) is 34.0 Å². The molecule has 20 heavy (non-hydrogen) atoms. The number of nitrogens with one attached hydrogen (secondary N) is 1. The maximum absolute atomic E-state index is 12.3. The van der Waals surface area contributed by atoms with Gasteiger partial charge in [-0.3, -0.25) is 4.79 Å². The number of carbonyl (C=O) groups is 1. The van der Waals surface area contributed by atoms with Crippen LogP contribution in [0.1, 0.15) is 35.5 Å². The molecule has 1 aromatic heterocycles. The van der Waals surface area contributed by atoms with E-state index < -0.39 is 0 Å². The minimum absolute atomic E-state index is 0.0292. The second-order valence-electron chi connectivity index (χ2n) is 4.92. The van der Waals surface area contributed by atoms with Crippen molar-refractivity contribution in [1.82, 2.24) is 9.88 Å². The van der Waals surface area contributed by atoms with Crippen molar-refractivity contribution in [1.29, 1.82) is 0 Å². The van der Waals surface area contributed by atoms with Crippen molar-refractivity contribution in [2.24, 2.45) is 0 Å². The van der Waals surface area contributed by atoms with E-state index in [9.17, 15) is 4.79 Å². The molecule has 0 aliphatic carbocycles. The summed E-state index contributed by atoms with van der Waals surface area (Å²) in [5.74, 6) is -0.0292. The van der Waals surface area contributed by atoms with Gasteiger partial charge < -0.3 is 9.88 Å². The summed E-state index contributed by atoms with van der Waals surface area (Å²) < 4.78 is 2.09. The molecule has 0 saturated heterocycles. The van der Waals surface area contributed by atoms with Crippen molar-refractivity contribution < 1.29 is 4.79 Å². The fourth-order valence-corrected chi connectivity index (χ4v) is 2.66. The summed E-state index contributed by atoms with van der Waals surface area (Å²) in [6.07, 6.45) is 2.70. The van der Waals surface area contributed by atoms with E-state index in [2.05, 4.69) is 48.5 Å². The van der Waals surface area contributed by atoms with Gasteiger partial charge in [0, 0.05) is 24.0 Å². The van der Waals surface area contributed by atoms with E-state index in [1.54, 1.807) is 6.08 Å². The molecule has 2 aromatic rings. The molecular weight excluding hydrogens is 248 g/mol. The number of aromatic nitrogens is 1.